The summed E-state index contributed by atoms with van der Waals surface area (Å²) in [5, 5.41) is 2.70. The molecule has 3 N–H and O–H groups in total. The Bertz CT molecular complexity index is 366. The standard InChI is InChI=1S/C10H14FN3O/c1-14(2)10(15)6-13-9-4-3-7(12)5-8(9)11/h3-5,13H,6,12H2,1-2H3. The van der Waals surface area contributed by atoms with E-state index in [-0.39, 0.29) is 18.1 Å². The van der Waals surface area contributed by atoms with E-state index in [0.717, 1.165) is 0 Å². The minimum absolute atomic E-state index is 0.0633. The lowest BCUT2D eigenvalue weighted by molar-refractivity contribution is -0.126. The van der Waals surface area contributed by atoms with Crippen LogP contribution < -0.4 is 11.1 Å². The number of benzene rings is 1. The molecular formula is C10H14FN3O. The molecule has 0 unspecified atom stereocenters. The van der Waals surface area contributed by atoms with Crippen molar-refractivity contribution < 1.29 is 9.18 Å². The van der Waals surface area contributed by atoms with Crippen molar-refractivity contribution in [2.45, 2.75) is 0 Å². The van der Waals surface area contributed by atoms with Crippen LogP contribution in [0.15, 0.2) is 18.2 Å². The molecular weight excluding hydrogens is 197 g/mol. The van der Waals surface area contributed by atoms with Gasteiger partial charge in [0, 0.05) is 19.8 Å². The molecule has 4 nitrogen and oxygen atoms in total. The van der Waals surface area contributed by atoms with Gasteiger partial charge >= 0.3 is 0 Å². The fraction of sp³-hybridized carbons (Fsp3) is 0.300. The summed E-state index contributed by atoms with van der Waals surface area (Å²) in [4.78, 5) is 12.6. The molecule has 0 bridgehead atoms. The van der Waals surface area contributed by atoms with Crippen LogP contribution in [0.4, 0.5) is 15.8 Å². The van der Waals surface area contributed by atoms with Crippen LogP contribution >= 0.6 is 0 Å². The molecule has 1 amide bonds. The Morgan fingerprint density at radius 2 is 2.20 bits per heavy atom. The normalized spacial score (nSPS) is 9.80. The van der Waals surface area contributed by atoms with Gasteiger partial charge in [-0.1, -0.05) is 0 Å². The Kier molecular flexibility index (Phi) is 3.49. The van der Waals surface area contributed by atoms with Crippen molar-refractivity contribution in [3.63, 3.8) is 0 Å². The Hall–Kier alpha value is -1.78. The number of nitrogens with one attached hydrogen (secondary N) is 1. The second-order valence-electron chi connectivity index (χ2n) is 3.38. The summed E-state index contributed by atoms with van der Waals surface area (Å²) in [5.41, 5.74) is 6.02. The van der Waals surface area contributed by atoms with E-state index < -0.39 is 5.82 Å². The van der Waals surface area contributed by atoms with Crippen LogP contribution in [0.1, 0.15) is 0 Å². The number of likely N-dealkylation sites (N-methyl/N-ethyl adjacent to an activating group) is 1. The zero-order valence-electron chi connectivity index (χ0n) is 8.75. The predicted molar refractivity (Wildman–Crippen MR) is 58.0 cm³/mol. The number of hydrogen-bond acceptors (Lipinski definition) is 3. The highest BCUT2D eigenvalue weighted by molar-refractivity contribution is 5.80. The summed E-state index contributed by atoms with van der Waals surface area (Å²) >= 11 is 0. The van der Waals surface area contributed by atoms with Crippen molar-refractivity contribution >= 4 is 17.3 Å². The van der Waals surface area contributed by atoms with E-state index >= 15 is 0 Å². The summed E-state index contributed by atoms with van der Waals surface area (Å²) in [6.45, 7) is 0.0633. The highest BCUT2D eigenvalue weighted by Crippen LogP contribution is 2.16. The second kappa shape index (κ2) is 4.63. The average Bonchev–Trinajstić information content (AvgIpc) is 2.15. The highest BCUT2D eigenvalue weighted by atomic mass is 19.1. The van der Waals surface area contributed by atoms with E-state index in [4.69, 9.17) is 5.73 Å². The molecule has 5 heteroatoms. The molecule has 0 radical (unpaired) electrons. The lowest BCUT2D eigenvalue weighted by atomic mass is 10.2. The number of nitrogen functional groups attached to an aromatic ring is 1. The van der Waals surface area contributed by atoms with E-state index in [1.807, 2.05) is 0 Å². The first-order chi connectivity index (χ1) is 7.00. The third-order valence-corrected chi connectivity index (χ3v) is 1.92. The maximum absolute atomic E-state index is 13.2. The van der Waals surface area contributed by atoms with Crippen LogP contribution in [0.3, 0.4) is 0 Å². The fourth-order valence-electron chi connectivity index (χ4n) is 1.00. The predicted octanol–water partition coefficient (Wildman–Crippen LogP) is 0.908. The van der Waals surface area contributed by atoms with Crippen LogP contribution in [-0.2, 0) is 4.79 Å². The number of nitrogens with zero attached hydrogens (tertiary/aromatic N) is 1. The summed E-state index contributed by atoms with van der Waals surface area (Å²) < 4.78 is 13.2. The molecule has 0 aliphatic heterocycles. The molecule has 0 heterocycles. The summed E-state index contributed by atoms with van der Waals surface area (Å²) in [5.74, 6) is -0.576. The maximum Gasteiger partial charge on any atom is 0.241 e. The number of rotatable bonds is 3. The maximum atomic E-state index is 13.2. The van der Waals surface area contributed by atoms with Crippen LogP contribution in [0.25, 0.3) is 0 Å². The Balaban J connectivity index is 2.62. The van der Waals surface area contributed by atoms with Crippen LogP contribution in [0.2, 0.25) is 0 Å². The monoisotopic (exact) mass is 211 g/mol. The second-order valence-corrected chi connectivity index (χ2v) is 3.38. The zero-order chi connectivity index (χ0) is 11.4. The molecule has 0 atom stereocenters. The summed E-state index contributed by atoms with van der Waals surface area (Å²) in [6, 6.07) is 4.29. The van der Waals surface area contributed by atoms with Crippen LogP contribution in [-0.4, -0.2) is 31.4 Å². The number of carbonyl (C=O) groups is 1. The van der Waals surface area contributed by atoms with E-state index in [1.165, 1.54) is 17.0 Å². The Morgan fingerprint density at radius 3 is 2.73 bits per heavy atom. The van der Waals surface area contributed by atoms with Gasteiger partial charge in [0.2, 0.25) is 5.91 Å². The number of anilines is 2. The topological polar surface area (TPSA) is 58.4 Å². The van der Waals surface area contributed by atoms with Crippen molar-refractivity contribution in [2.24, 2.45) is 0 Å². The summed E-state index contributed by atoms with van der Waals surface area (Å²) in [6.07, 6.45) is 0. The molecule has 1 rings (SSSR count). The van der Waals surface area contributed by atoms with E-state index in [9.17, 15) is 9.18 Å². The lowest BCUT2D eigenvalue weighted by Gasteiger charge is -2.12. The molecule has 1 aromatic rings. The largest absolute Gasteiger partial charge is 0.399 e. The first kappa shape index (κ1) is 11.3. The number of halogens is 1. The molecule has 0 aliphatic carbocycles. The average molecular weight is 211 g/mol. The Morgan fingerprint density at radius 1 is 1.53 bits per heavy atom. The van der Waals surface area contributed by atoms with Crippen LogP contribution in [0.5, 0.6) is 0 Å². The van der Waals surface area contributed by atoms with Crippen molar-refractivity contribution in [1.29, 1.82) is 0 Å². The van der Waals surface area contributed by atoms with Crippen molar-refractivity contribution in [3.8, 4) is 0 Å². The highest BCUT2D eigenvalue weighted by Gasteiger charge is 2.06. The quantitative estimate of drug-likeness (QED) is 0.730. The van der Waals surface area contributed by atoms with E-state index in [1.54, 1.807) is 20.2 Å². The SMILES string of the molecule is CN(C)C(=O)CNc1ccc(N)cc1F. The van der Waals surface area contributed by atoms with E-state index in [2.05, 4.69) is 5.32 Å². The molecule has 1 aromatic carbocycles. The van der Waals surface area contributed by atoms with Crippen molar-refractivity contribution in [2.75, 3.05) is 31.7 Å². The molecule has 0 fully saturated rings. The molecule has 0 aromatic heterocycles. The third-order valence-electron chi connectivity index (χ3n) is 1.92. The first-order valence-electron chi connectivity index (χ1n) is 4.49. The van der Waals surface area contributed by atoms with Gasteiger partial charge in [0.25, 0.3) is 0 Å². The minimum atomic E-state index is -0.457. The molecule has 0 saturated carbocycles. The zero-order valence-corrected chi connectivity index (χ0v) is 8.75. The van der Waals surface area contributed by atoms with Gasteiger partial charge in [0.05, 0.1) is 12.2 Å². The fourth-order valence-corrected chi connectivity index (χ4v) is 1.00. The number of nitrogens with two attached hydrogens (primary N) is 1. The first-order valence-corrected chi connectivity index (χ1v) is 4.49. The molecule has 0 aliphatic rings. The minimum Gasteiger partial charge on any atom is -0.399 e. The van der Waals surface area contributed by atoms with Crippen LogP contribution in [0, 0.1) is 5.82 Å². The Labute approximate surface area is 87.9 Å². The molecule has 82 valence electrons. The number of amides is 1. The third kappa shape index (κ3) is 3.12. The van der Waals surface area contributed by atoms with Gasteiger partial charge in [0.15, 0.2) is 0 Å². The van der Waals surface area contributed by atoms with E-state index in [0.29, 0.717) is 5.69 Å². The van der Waals surface area contributed by atoms with Gasteiger partial charge in [-0.15, -0.1) is 0 Å². The van der Waals surface area contributed by atoms with Gasteiger partial charge < -0.3 is 16.0 Å². The van der Waals surface area contributed by atoms with Gasteiger partial charge in [-0.2, -0.15) is 0 Å². The molecule has 0 spiro atoms. The van der Waals surface area contributed by atoms with Gasteiger partial charge in [0.1, 0.15) is 5.82 Å². The van der Waals surface area contributed by atoms with Gasteiger partial charge in [-0.3, -0.25) is 4.79 Å². The van der Waals surface area contributed by atoms with Crippen molar-refractivity contribution in [1.82, 2.24) is 4.90 Å². The number of carbonyl (C=O) groups excluding carboxylic acids is 1. The van der Waals surface area contributed by atoms with Gasteiger partial charge in [-0.05, 0) is 18.2 Å². The molecule has 0 saturated heterocycles. The molecule has 15 heavy (non-hydrogen) atoms. The lowest BCUT2D eigenvalue weighted by Crippen LogP contribution is -2.28. The van der Waals surface area contributed by atoms with Crippen molar-refractivity contribution in [3.05, 3.63) is 24.0 Å². The summed E-state index contributed by atoms with van der Waals surface area (Å²) in [7, 11) is 3.28. The number of hydrogen-bond donors (Lipinski definition) is 2. The van der Waals surface area contributed by atoms with Gasteiger partial charge in [-0.25, -0.2) is 4.39 Å². The smallest absolute Gasteiger partial charge is 0.241 e.